The molecule has 0 saturated carbocycles. The maximum atomic E-state index is 14.0. The lowest BCUT2D eigenvalue weighted by molar-refractivity contribution is -0.136. The zero-order chi connectivity index (χ0) is 17.2. The van der Waals surface area contributed by atoms with Gasteiger partial charge in [0.2, 0.25) is 0 Å². The van der Waals surface area contributed by atoms with Gasteiger partial charge in [0, 0.05) is 15.9 Å². The van der Waals surface area contributed by atoms with Crippen LogP contribution in [0.15, 0.2) is 84.9 Å². The van der Waals surface area contributed by atoms with E-state index in [1.165, 1.54) is 18.2 Å². The Morgan fingerprint density at radius 3 is 1.50 bits per heavy atom. The first-order chi connectivity index (χ1) is 11.4. The molecule has 0 radical (unpaired) electrons. The van der Waals surface area contributed by atoms with Gasteiger partial charge in [-0.05, 0) is 6.07 Å². The maximum absolute atomic E-state index is 14.0. The van der Waals surface area contributed by atoms with Gasteiger partial charge in [0.05, 0.1) is 5.56 Å². The van der Waals surface area contributed by atoms with Gasteiger partial charge < -0.3 is 4.57 Å². The van der Waals surface area contributed by atoms with Crippen LogP contribution in [0, 0.1) is 0 Å². The van der Waals surface area contributed by atoms with Gasteiger partial charge in [-0.15, -0.1) is 0 Å². The van der Waals surface area contributed by atoms with Crippen LogP contribution in [0.3, 0.4) is 0 Å². The van der Waals surface area contributed by atoms with Gasteiger partial charge in [-0.25, -0.2) is 0 Å². The summed E-state index contributed by atoms with van der Waals surface area (Å²) in [6.45, 7) is 0. The molecule has 3 aromatic carbocycles. The Morgan fingerprint density at radius 2 is 1.04 bits per heavy atom. The topological polar surface area (TPSA) is 17.1 Å². The molecular weight excluding hydrogens is 332 g/mol. The minimum atomic E-state index is -4.57. The first-order valence-corrected chi connectivity index (χ1v) is 9.03. The van der Waals surface area contributed by atoms with E-state index >= 15 is 0 Å². The van der Waals surface area contributed by atoms with Gasteiger partial charge >= 0.3 is 6.18 Å². The molecule has 0 fully saturated rings. The van der Waals surface area contributed by atoms with Crippen LogP contribution in [0.4, 0.5) is 13.2 Å². The highest BCUT2D eigenvalue weighted by Gasteiger charge is 2.40. The second-order valence-electron chi connectivity index (χ2n) is 5.30. The van der Waals surface area contributed by atoms with Crippen molar-refractivity contribution < 1.29 is 17.7 Å². The van der Waals surface area contributed by atoms with Crippen LogP contribution in [0.1, 0.15) is 5.56 Å². The van der Waals surface area contributed by atoms with E-state index in [1.807, 2.05) is 0 Å². The van der Waals surface area contributed by atoms with Crippen LogP contribution >= 0.6 is 7.14 Å². The van der Waals surface area contributed by atoms with Gasteiger partial charge in [0.25, 0.3) is 0 Å². The summed E-state index contributed by atoms with van der Waals surface area (Å²) in [6, 6.07) is 21.8. The number of hydrogen-bond acceptors (Lipinski definition) is 1. The smallest absolute Gasteiger partial charge is 0.309 e. The molecule has 1 nitrogen and oxygen atoms in total. The van der Waals surface area contributed by atoms with Crippen molar-refractivity contribution in [3.8, 4) is 0 Å². The number of hydrogen-bond donors (Lipinski definition) is 0. The number of rotatable bonds is 3. The molecule has 0 aromatic heterocycles. The Kier molecular flexibility index (Phi) is 4.33. The molecule has 0 spiro atoms. The average Bonchev–Trinajstić information content (AvgIpc) is 2.62. The lowest BCUT2D eigenvalue weighted by atomic mass is 10.2. The second-order valence-corrected chi connectivity index (χ2v) is 8.03. The molecule has 0 aliphatic rings. The quantitative estimate of drug-likeness (QED) is 0.645. The lowest BCUT2D eigenvalue weighted by Crippen LogP contribution is -2.30. The summed E-state index contributed by atoms with van der Waals surface area (Å²) in [5, 5.41) is 0.579. The maximum Gasteiger partial charge on any atom is 0.417 e. The first-order valence-electron chi connectivity index (χ1n) is 7.32. The van der Waals surface area contributed by atoms with Crippen molar-refractivity contribution in [2.24, 2.45) is 0 Å². The molecule has 0 saturated heterocycles. The summed E-state index contributed by atoms with van der Waals surface area (Å²) in [5.74, 6) is 0. The van der Waals surface area contributed by atoms with Crippen molar-refractivity contribution in [2.75, 3.05) is 0 Å². The molecule has 0 amide bonds. The van der Waals surface area contributed by atoms with Gasteiger partial charge in [-0.2, -0.15) is 13.2 Å². The van der Waals surface area contributed by atoms with Crippen molar-refractivity contribution in [1.82, 2.24) is 0 Å². The zero-order valence-electron chi connectivity index (χ0n) is 12.6. The Balaban J connectivity index is 2.36. The molecular formula is C19H14F3OP. The van der Waals surface area contributed by atoms with E-state index in [1.54, 1.807) is 60.7 Å². The van der Waals surface area contributed by atoms with Crippen LogP contribution < -0.4 is 15.9 Å². The van der Waals surface area contributed by atoms with Crippen molar-refractivity contribution in [3.63, 3.8) is 0 Å². The normalized spacial score (nSPS) is 12.1. The largest absolute Gasteiger partial charge is 0.417 e. The van der Waals surface area contributed by atoms with Crippen LogP contribution in [0.2, 0.25) is 0 Å². The lowest BCUT2D eigenvalue weighted by Gasteiger charge is -2.23. The summed E-state index contributed by atoms with van der Waals surface area (Å²) in [6.07, 6.45) is -4.57. The van der Waals surface area contributed by atoms with Crippen molar-refractivity contribution in [1.29, 1.82) is 0 Å². The fourth-order valence-electron chi connectivity index (χ4n) is 2.69. The Bertz CT molecular complexity index is 830. The van der Waals surface area contributed by atoms with Gasteiger partial charge in [0.15, 0.2) is 7.14 Å². The fourth-order valence-corrected chi connectivity index (χ4v) is 5.57. The van der Waals surface area contributed by atoms with E-state index in [2.05, 4.69) is 0 Å². The number of alkyl halides is 3. The van der Waals surface area contributed by atoms with Crippen LogP contribution in [0.5, 0.6) is 0 Å². The number of benzene rings is 3. The second kappa shape index (κ2) is 6.29. The van der Waals surface area contributed by atoms with E-state index in [0.29, 0.717) is 10.6 Å². The molecule has 0 unspecified atom stereocenters. The van der Waals surface area contributed by atoms with Gasteiger partial charge in [0.1, 0.15) is 0 Å². The van der Waals surface area contributed by atoms with Crippen molar-refractivity contribution in [3.05, 3.63) is 90.5 Å². The minimum absolute atomic E-state index is 0.185. The molecule has 0 heterocycles. The van der Waals surface area contributed by atoms with Gasteiger partial charge in [-0.1, -0.05) is 78.9 Å². The third-order valence-corrected chi connectivity index (χ3v) is 6.91. The third kappa shape index (κ3) is 2.90. The molecule has 122 valence electrons. The Morgan fingerprint density at radius 1 is 0.625 bits per heavy atom. The molecule has 3 aromatic rings. The van der Waals surface area contributed by atoms with Crippen LogP contribution in [-0.4, -0.2) is 0 Å². The molecule has 0 bridgehead atoms. The fraction of sp³-hybridized carbons (Fsp3) is 0.0526. The van der Waals surface area contributed by atoms with Crippen molar-refractivity contribution in [2.45, 2.75) is 6.18 Å². The molecule has 0 aliphatic carbocycles. The highest BCUT2D eigenvalue weighted by Crippen LogP contribution is 2.45. The SMILES string of the molecule is O=P(c1ccccc1)(c1ccccc1)c1ccccc1C(F)(F)F. The third-order valence-electron chi connectivity index (χ3n) is 3.79. The molecule has 0 atom stereocenters. The Hall–Kier alpha value is -2.32. The zero-order valence-corrected chi connectivity index (χ0v) is 13.5. The highest BCUT2D eigenvalue weighted by molar-refractivity contribution is 7.85. The predicted molar refractivity (Wildman–Crippen MR) is 90.8 cm³/mol. The first kappa shape index (κ1) is 16.5. The predicted octanol–water partition coefficient (Wildman–Crippen LogP) is 4.34. The minimum Gasteiger partial charge on any atom is -0.309 e. The molecule has 5 heteroatoms. The van der Waals surface area contributed by atoms with E-state index in [9.17, 15) is 17.7 Å². The summed E-state index contributed by atoms with van der Waals surface area (Å²) in [4.78, 5) is 0. The molecule has 24 heavy (non-hydrogen) atoms. The summed E-state index contributed by atoms with van der Waals surface area (Å²) < 4.78 is 54.5. The van der Waals surface area contributed by atoms with E-state index in [-0.39, 0.29) is 5.30 Å². The van der Waals surface area contributed by atoms with Crippen molar-refractivity contribution >= 4 is 23.1 Å². The Labute approximate surface area is 138 Å². The van der Waals surface area contributed by atoms with Crippen LogP contribution in [0.25, 0.3) is 0 Å². The summed E-state index contributed by atoms with van der Waals surface area (Å²) in [5.41, 5.74) is -0.860. The summed E-state index contributed by atoms with van der Waals surface area (Å²) >= 11 is 0. The molecule has 0 aliphatic heterocycles. The standard InChI is InChI=1S/C19H14F3OP/c20-19(21,22)17-13-7-8-14-18(17)24(23,15-9-3-1-4-10-15)16-11-5-2-6-12-16/h1-14H. The molecule has 3 rings (SSSR count). The van der Waals surface area contributed by atoms with Crippen LogP contribution in [-0.2, 0) is 10.7 Å². The van der Waals surface area contributed by atoms with E-state index < -0.39 is 18.9 Å². The summed E-state index contributed by atoms with van der Waals surface area (Å²) in [7, 11) is -3.63. The van der Waals surface area contributed by atoms with Gasteiger partial charge in [-0.3, -0.25) is 0 Å². The average molecular weight is 346 g/mol. The molecule has 0 N–H and O–H groups in total. The van der Waals surface area contributed by atoms with E-state index in [0.717, 1.165) is 6.07 Å². The van der Waals surface area contributed by atoms with E-state index in [4.69, 9.17) is 0 Å². The monoisotopic (exact) mass is 346 g/mol. The highest BCUT2D eigenvalue weighted by atomic mass is 31.2. The number of halogens is 3.